The molecule has 1 fully saturated rings. The summed E-state index contributed by atoms with van der Waals surface area (Å²) in [5.41, 5.74) is 2.13. The van der Waals surface area contributed by atoms with Crippen molar-refractivity contribution in [2.45, 2.75) is 25.2 Å². The van der Waals surface area contributed by atoms with Gasteiger partial charge in [0.1, 0.15) is 5.01 Å². The summed E-state index contributed by atoms with van der Waals surface area (Å²) in [4.78, 5) is 9.97. The van der Waals surface area contributed by atoms with Crippen LogP contribution in [0.25, 0.3) is 10.6 Å². The Kier molecular flexibility index (Phi) is 2.49. The summed E-state index contributed by atoms with van der Waals surface area (Å²) in [6, 6.07) is 3.94. The van der Waals surface area contributed by atoms with Gasteiger partial charge in [0.2, 0.25) is 0 Å². The van der Waals surface area contributed by atoms with Crippen LogP contribution in [0.3, 0.4) is 0 Å². The summed E-state index contributed by atoms with van der Waals surface area (Å²) in [5, 5.41) is 10.5. The first-order valence-electron chi connectivity index (χ1n) is 5.74. The van der Waals surface area contributed by atoms with Crippen molar-refractivity contribution in [2.75, 3.05) is 6.61 Å². The molecule has 0 unspecified atom stereocenters. The number of hydrogen-bond donors (Lipinski definition) is 1. The Balaban J connectivity index is 2.02. The summed E-state index contributed by atoms with van der Waals surface area (Å²) in [7, 11) is 0. The monoisotopic (exact) mass is 246 g/mol. The van der Waals surface area contributed by atoms with Crippen LogP contribution in [-0.4, -0.2) is 21.7 Å². The lowest BCUT2D eigenvalue weighted by Crippen LogP contribution is -2.11. The molecule has 4 heteroatoms. The topological polar surface area (TPSA) is 46.0 Å². The molecule has 0 amide bonds. The smallest absolute Gasteiger partial charge is 0.125 e. The van der Waals surface area contributed by atoms with E-state index in [1.165, 1.54) is 4.88 Å². The van der Waals surface area contributed by atoms with Gasteiger partial charge in [0.25, 0.3) is 0 Å². The summed E-state index contributed by atoms with van der Waals surface area (Å²) in [6.07, 6.45) is 5.76. The van der Waals surface area contributed by atoms with Crippen molar-refractivity contribution in [3.8, 4) is 10.6 Å². The lowest BCUT2D eigenvalue weighted by molar-refractivity contribution is 0.256. The third-order valence-electron chi connectivity index (χ3n) is 3.34. The number of aliphatic hydroxyl groups is 1. The molecule has 0 atom stereocenters. The molecule has 1 aliphatic rings. The molecule has 2 heterocycles. The van der Waals surface area contributed by atoms with Gasteiger partial charge < -0.3 is 5.11 Å². The second-order valence-electron chi connectivity index (χ2n) is 4.61. The first-order valence-corrected chi connectivity index (χ1v) is 6.56. The van der Waals surface area contributed by atoms with Crippen LogP contribution in [0.4, 0.5) is 0 Å². The van der Waals surface area contributed by atoms with E-state index in [-0.39, 0.29) is 12.0 Å². The molecule has 3 nitrogen and oxygen atoms in total. The van der Waals surface area contributed by atoms with E-state index in [0.717, 1.165) is 29.1 Å². The van der Waals surface area contributed by atoms with Gasteiger partial charge in [-0.25, -0.2) is 4.98 Å². The third kappa shape index (κ3) is 1.77. The molecule has 0 saturated heterocycles. The fourth-order valence-corrected chi connectivity index (χ4v) is 3.40. The second kappa shape index (κ2) is 3.89. The Hall–Kier alpha value is -1.26. The molecule has 0 bridgehead atoms. The van der Waals surface area contributed by atoms with E-state index in [0.29, 0.717) is 0 Å². The van der Waals surface area contributed by atoms with Gasteiger partial charge in [-0.2, -0.15) is 0 Å². The SMILES string of the molecule is Cc1nc(-c2cccnc2)sc1C1(CO)CC1. The van der Waals surface area contributed by atoms with E-state index in [9.17, 15) is 5.11 Å². The third-order valence-corrected chi connectivity index (χ3v) is 4.80. The summed E-state index contributed by atoms with van der Waals surface area (Å²) < 4.78 is 0. The summed E-state index contributed by atoms with van der Waals surface area (Å²) in [6.45, 7) is 2.27. The van der Waals surface area contributed by atoms with Crippen molar-refractivity contribution in [1.29, 1.82) is 0 Å². The first kappa shape index (κ1) is 10.9. The van der Waals surface area contributed by atoms with E-state index in [2.05, 4.69) is 9.97 Å². The minimum Gasteiger partial charge on any atom is -0.395 e. The first-order chi connectivity index (χ1) is 8.25. The lowest BCUT2D eigenvalue weighted by Gasteiger charge is -2.08. The van der Waals surface area contributed by atoms with Gasteiger partial charge in [-0.1, -0.05) is 0 Å². The maximum Gasteiger partial charge on any atom is 0.125 e. The highest BCUT2D eigenvalue weighted by atomic mass is 32.1. The van der Waals surface area contributed by atoms with Crippen LogP contribution >= 0.6 is 11.3 Å². The highest BCUT2D eigenvalue weighted by Gasteiger charge is 2.46. The van der Waals surface area contributed by atoms with Crippen molar-refractivity contribution in [1.82, 2.24) is 9.97 Å². The number of thiazole rings is 1. The zero-order valence-electron chi connectivity index (χ0n) is 9.68. The maximum absolute atomic E-state index is 9.48. The predicted octanol–water partition coefficient (Wildman–Crippen LogP) is 2.54. The Morgan fingerprint density at radius 2 is 2.29 bits per heavy atom. The molecular formula is C13H14N2OS. The Morgan fingerprint density at radius 3 is 2.88 bits per heavy atom. The van der Waals surface area contributed by atoms with Crippen molar-refractivity contribution in [2.24, 2.45) is 0 Å². The molecule has 2 aromatic rings. The van der Waals surface area contributed by atoms with Gasteiger partial charge in [0, 0.05) is 28.2 Å². The lowest BCUT2D eigenvalue weighted by atomic mass is 10.1. The highest BCUT2D eigenvalue weighted by molar-refractivity contribution is 7.15. The molecule has 17 heavy (non-hydrogen) atoms. The predicted molar refractivity (Wildman–Crippen MR) is 68.1 cm³/mol. The van der Waals surface area contributed by atoms with Crippen LogP contribution in [0.5, 0.6) is 0 Å². The van der Waals surface area contributed by atoms with Gasteiger partial charge in [0.15, 0.2) is 0 Å². The standard InChI is InChI=1S/C13H14N2OS/c1-9-11(13(8-16)4-5-13)17-12(15-9)10-3-2-6-14-7-10/h2-3,6-7,16H,4-5,8H2,1H3. The molecule has 1 N–H and O–H groups in total. The van der Waals surface area contributed by atoms with Crippen molar-refractivity contribution in [3.05, 3.63) is 35.1 Å². The molecule has 3 rings (SSSR count). The average Bonchev–Trinajstić information content (AvgIpc) is 3.07. The van der Waals surface area contributed by atoms with Gasteiger partial charge in [-0.05, 0) is 31.9 Å². The van der Waals surface area contributed by atoms with E-state index in [4.69, 9.17) is 0 Å². The quantitative estimate of drug-likeness (QED) is 0.905. The zero-order valence-corrected chi connectivity index (χ0v) is 10.5. The fraction of sp³-hybridized carbons (Fsp3) is 0.385. The van der Waals surface area contributed by atoms with Crippen LogP contribution in [0.2, 0.25) is 0 Å². The number of aryl methyl sites for hydroxylation is 1. The number of rotatable bonds is 3. The molecule has 0 spiro atoms. The van der Waals surface area contributed by atoms with E-state index < -0.39 is 0 Å². The molecule has 1 saturated carbocycles. The molecule has 0 radical (unpaired) electrons. The van der Waals surface area contributed by atoms with Crippen molar-refractivity contribution < 1.29 is 5.11 Å². The number of aliphatic hydroxyl groups excluding tert-OH is 1. The van der Waals surface area contributed by atoms with Crippen LogP contribution in [0, 0.1) is 6.92 Å². The van der Waals surface area contributed by atoms with Crippen molar-refractivity contribution in [3.63, 3.8) is 0 Å². The Labute approximate surface area is 104 Å². The summed E-state index contributed by atoms with van der Waals surface area (Å²) in [5.74, 6) is 0. The maximum atomic E-state index is 9.48. The Bertz CT molecular complexity index is 532. The number of hydrogen-bond acceptors (Lipinski definition) is 4. The van der Waals surface area contributed by atoms with Gasteiger partial charge in [-0.3, -0.25) is 4.98 Å². The minimum absolute atomic E-state index is 0.0161. The zero-order chi connectivity index (χ0) is 11.9. The van der Waals surface area contributed by atoms with E-state index in [1.54, 1.807) is 17.5 Å². The number of aromatic nitrogens is 2. The molecule has 1 aliphatic carbocycles. The molecular weight excluding hydrogens is 232 g/mol. The second-order valence-corrected chi connectivity index (χ2v) is 5.61. The number of pyridine rings is 1. The van der Waals surface area contributed by atoms with Crippen molar-refractivity contribution >= 4 is 11.3 Å². The van der Waals surface area contributed by atoms with E-state index in [1.807, 2.05) is 25.3 Å². The van der Waals surface area contributed by atoms with E-state index >= 15 is 0 Å². The average molecular weight is 246 g/mol. The van der Waals surface area contributed by atoms with Crippen LogP contribution in [0.1, 0.15) is 23.4 Å². The van der Waals surface area contributed by atoms with Gasteiger partial charge >= 0.3 is 0 Å². The van der Waals surface area contributed by atoms with Crippen LogP contribution in [0.15, 0.2) is 24.5 Å². The Morgan fingerprint density at radius 1 is 1.47 bits per heavy atom. The number of nitrogens with zero attached hydrogens (tertiary/aromatic N) is 2. The molecule has 0 aliphatic heterocycles. The highest BCUT2D eigenvalue weighted by Crippen LogP contribution is 2.51. The molecule has 2 aromatic heterocycles. The molecule has 0 aromatic carbocycles. The van der Waals surface area contributed by atoms with Crippen LogP contribution in [-0.2, 0) is 5.41 Å². The fourth-order valence-electron chi connectivity index (χ4n) is 2.11. The van der Waals surface area contributed by atoms with Crippen LogP contribution < -0.4 is 0 Å². The normalized spacial score (nSPS) is 17.1. The van der Waals surface area contributed by atoms with Gasteiger partial charge in [-0.15, -0.1) is 11.3 Å². The van der Waals surface area contributed by atoms with Gasteiger partial charge in [0.05, 0.1) is 12.3 Å². The largest absolute Gasteiger partial charge is 0.395 e. The molecule has 88 valence electrons. The summed E-state index contributed by atoms with van der Waals surface area (Å²) >= 11 is 1.70. The minimum atomic E-state index is 0.0161.